The van der Waals surface area contributed by atoms with Crippen molar-refractivity contribution in [3.63, 3.8) is 0 Å². The number of methoxy groups -OCH3 is 2. The third-order valence-corrected chi connectivity index (χ3v) is 12.9. The highest BCUT2D eigenvalue weighted by molar-refractivity contribution is 6.24. The molecule has 5 saturated carbocycles. The third-order valence-electron chi connectivity index (χ3n) is 12.9. The van der Waals surface area contributed by atoms with Gasteiger partial charge >= 0.3 is 0 Å². The molecule has 0 bridgehead atoms. The van der Waals surface area contributed by atoms with Crippen molar-refractivity contribution < 1.29 is 14.3 Å². The van der Waals surface area contributed by atoms with Gasteiger partial charge in [-0.05, 0) is 103 Å². The van der Waals surface area contributed by atoms with Crippen LogP contribution in [0.25, 0.3) is 5.57 Å². The van der Waals surface area contributed by atoms with E-state index in [-0.39, 0.29) is 10.8 Å². The highest BCUT2D eigenvalue weighted by atomic mass is 16.5. The number of carbonyl (C=O) groups is 1. The fourth-order valence-corrected chi connectivity index (χ4v) is 11.2. The van der Waals surface area contributed by atoms with E-state index in [1.807, 2.05) is 7.11 Å². The van der Waals surface area contributed by atoms with E-state index in [1.165, 1.54) is 38.5 Å². The zero-order chi connectivity index (χ0) is 25.9. The summed E-state index contributed by atoms with van der Waals surface area (Å²) in [6.07, 6.45) is 14.9. The lowest BCUT2D eigenvalue weighted by Gasteiger charge is -2.59. The summed E-state index contributed by atoms with van der Waals surface area (Å²) >= 11 is 0. The molecule has 0 saturated heterocycles. The fourth-order valence-electron chi connectivity index (χ4n) is 11.2. The predicted octanol–water partition coefficient (Wildman–Crippen LogP) is 6.23. The van der Waals surface area contributed by atoms with E-state index in [9.17, 15) is 4.79 Å². The maximum atomic E-state index is 14.5. The van der Waals surface area contributed by atoms with E-state index in [0.717, 1.165) is 35.7 Å². The smallest absolute Gasteiger partial charge is 0.173 e. The molecule has 200 valence electrons. The van der Waals surface area contributed by atoms with E-state index in [2.05, 4.69) is 43.7 Å². The van der Waals surface area contributed by atoms with Gasteiger partial charge in [0.2, 0.25) is 0 Å². The highest BCUT2D eigenvalue weighted by Crippen LogP contribution is 2.97. The van der Waals surface area contributed by atoms with Crippen LogP contribution in [0.15, 0.2) is 18.5 Å². The Bertz CT molecular complexity index is 1150. The summed E-state index contributed by atoms with van der Waals surface area (Å²) in [4.78, 5) is 23.6. The van der Waals surface area contributed by atoms with Crippen molar-refractivity contribution in [2.45, 2.75) is 78.7 Å². The number of aromatic nitrogens is 2. The van der Waals surface area contributed by atoms with Crippen LogP contribution in [-0.4, -0.2) is 36.1 Å². The summed E-state index contributed by atoms with van der Waals surface area (Å²) in [6, 6.07) is 0. The van der Waals surface area contributed by atoms with Crippen molar-refractivity contribution in [1.29, 1.82) is 0 Å². The Morgan fingerprint density at radius 3 is 2.49 bits per heavy atom. The number of fused-ring (bicyclic) bond motifs is 6. The van der Waals surface area contributed by atoms with Gasteiger partial charge in [0.1, 0.15) is 0 Å². The molecule has 5 nitrogen and oxygen atoms in total. The minimum absolute atomic E-state index is 0.255. The Hall–Kier alpha value is -1.75. The minimum atomic E-state index is -0.255. The van der Waals surface area contributed by atoms with Crippen molar-refractivity contribution in [3.05, 3.63) is 24.3 Å². The highest BCUT2D eigenvalue weighted by Gasteiger charge is 2.95. The molecule has 0 radical (unpaired) electrons. The van der Waals surface area contributed by atoms with Crippen molar-refractivity contribution in [1.82, 2.24) is 9.97 Å². The molecular formula is C32H44N2O3. The van der Waals surface area contributed by atoms with Crippen LogP contribution < -0.4 is 4.74 Å². The number of rotatable bonds is 7. The van der Waals surface area contributed by atoms with Gasteiger partial charge in [-0.25, -0.2) is 9.97 Å². The van der Waals surface area contributed by atoms with Gasteiger partial charge in [-0.2, -0.15) is 0 Å². The van der Waals surface area contributed by atoms with Crippen LogP contribution in [0.3, 0.4) is 0 Å². The first-order chi connectivity index (χ1) is 17.7. The van der Waals surface area contributed by atoms with Gasteiger partial charge < -0.3 is 9.47 Å². The van der Waals surface area contributed by atoms with Crippen molar-refractivity contribution in [2.75, 3.05) is 14.2 Å². The molecule has 5 fully saturated rings. The van der Waals surface area contributed by atoms with Gasteiger partial charge in [0.25, 0.3) is 0 Å². The van der Waals surface area contributed by atoms with Crippen LogP contribution in [0, 0.1) is 63.6 Å². The summed E-state index contributed by atoms with van der Waals surface area (Å²) in [7, 11) is 3.53. The predicted molar refractivity (Wildman–Crippen MR) is 143 cm³/mol. The second-order valence-corrected chi connectivity index (χ2v) is 14.3. The zero-order valence-corrected chi connectivity index (χ0v) is 23.5. The molecule has 1 spiro atoms. The Balaban J connectivity index is 1.17. The maximum Gasteiger partial charge on any atom is 0.173 e. The Morgan fingerprint density at radius 2 is 1.81 bits per heavy atom. The molecule has 1 aromatic rings. The lowest BCUT2D eigenvalue weighted by atomic mass is 9.44. The van der Waals surface area contributed by atoms with E-state index in [1.54, 1.807) is 19.5 Å². The van der Waals surface area contributed by atoms with Crippen LogP contribution in [0.4, 0.5) is 0 Å². The molecule has 6 aliphatic rings. The standard InChI is InChI=1S/C32H44N2O3/c1-17(2)11-19(36-5)12-18-7-8-23-21-13-25-27-26-14-22(29-33-15-20(37-6)16-34-29)28(35)31(4,32(25,26)27)24(21)9-10-30(18,23)3/h14-19,21,23-27H,7-13H2,1-6H3. The molecule has 1 heterocycles. The van der Waals surface area contributed by atoms with Crippen LogP contribution in [0.1, 0.15) is 78.5 Å². The van der Waals surface area contributed by atoms with E-state index in [4.69, 9.17) is 9.47 Å². The number of hydrogen-bond donors (Lipinski definition) is 0. The van der Waals surface area contributed by atoms with E-state index < -0.39 is 0 Å². The molecule has 1 aromatic heterocycles. The third kappa shape index (κ3) is 2.93. The van der Waals surface area contributed by atoms with Gasteiger partial charge in [-0.3, -0.25) is 4.79 Å². The van der Waals surface area contributed by atoms with Gasteiger partial charge in [0.05, 0.1) is 31.2 Å². The molecule has 0 aliphatic heterocycles. The van der Waals surface area contributed by atoms with Crippen LogP contribution >= 0.6 is 0 Å². The number of Topliss-reactive ketones (excluding diaryl/α,β-unsaturated/α-hetero) is 1. The summed E-state index contributed by atoms with van der Waals surface area (Å²) in [5, 5.41) is 0. The van der Waals surface area contributed by atoms with Crippen molar-refractivity contribution in [2.24, 2.45) is 63.6 Å². The quantitative estimate of drug-likeness (QED) is 0.440. The first kappa shape index (κ1) is 24.3. The normalized spacial score (nSPS) is 47.4. The SMILES string of the molecule is COc1cnc(C2=CC3C4C5CC6C7CCC(CC(CC(C)C)OC)C7(C)CCC6C(C)(C2=O)C354)nc1. The number of nitrogens with zero attached hydrogens (tertiary/aromatic N) is 2. The molecule has 0 aromatic carbocycles. The maximum absolute atomic E-state index is 14.5. The monoisotopic (exact) mass is 504 g/mol. The van der Waals surface area contributed by atoms with Crippen LogP contribution in [-0.2, 0) is 9.53 Å². The number of carbonyl (C=O) groups excluding carboxylic acids is 1. The lowest BCUT2D eigenvalue weighted by Crippen LogP contribution is -2.57. The second kappa shape index (κ2) is 7.90. The molecule has 5 heteroatoms. The summed E-state index contributed by atoms with van der Waals surface area (Å²) in [6.45, 7) is 9.60. The largest absolute Gasteiger partial charge is 0.494 e. The number of ketones is 1. The number of hydrogen-bond acceptors (Lipinski definition) is 5. The van der Waals surface area contributed by atoms with Gasteiger partial charge in [-0.1, -0.05) is 33.8 Å². The molecule has 37 heavy (non-hydrogen) atoms. The summed E-state index contributed by atoms with van der Waals surface area (Å²) < 4.78 is 11.2. The average Bonchev–Trinajstić information content (AvgIpc) is 3.73. The molecule has 0 N–H and O–H groups in total. The molecule has 6 aliphatic carbocycles. The molecule has 11 atom stereocenters. The average molecular weight is 505 g/mol. The molecule has 11 unspecified atom stereocenters. The fraction of sp³-hybridized carbons (Fsp3) is 0.781. The van der Waals surface area contributed by atoms with Gasteiger partial charge in [-0.15, -0.1) is 0 Å². The Morgan fingerprint density at radius 1 is 1.05 bits per heavy atom. The zero-order valence-electron chi connectivity index (χ0n) is 23.5. The lowest BCUT2D eigenvalue weighted by molar-refractivity contribution is -0.147. The molecular weight excluding hydrogens is 460 g/mol. The van der Waals surface area contributed by atoms with Crippen molar-refractivity contribution in [3.8, 4) is 5.75 Å². The summed E-state index contributed by atoms with van der Waals surface area (Å²) in [5.74, 6) is 6.95. The first-order valence-electron chi connectivity index (χ1n) is 14.9. The van der Waals surface area contributed by atoms with Gasteiger partial charge in [0, 0.05) is 12.5 Å². The van der Waals surface area contributed by atoms with Crippen molar-refractivity contribution >= 4 is 11.4 Å². The van der Waals surface area contributed by atoms with Crippen LogP contribution in [0.2, 0.25) is 0 Å². The summed E-state index contributed by atoms with van der Waals surface area (Å²) in [5.41, 5.74) is 1.17. The van der Waals surface area contributed by atoms with Gasteiger partial charge in [0.15, 0.2) is 17.4 Å². The number of allylic oxidation sites excluding steroid dienone is 2. The minimum Gasteiger partial charge on any atom is -0.494 e. The second-order valence-electron chi connectivity index (χ2n) is 14.3. The number of ether oxygens (including phenoxy) is 2. The topological polar surface area (TPSA) is 61.3 Å². The van der Waals surface area contributed by atoms with E-state index in [0.29, 0.717) is 52.5 Å². The molecule has 0 amide bonds. The molecule has 7 rings (SSSR count). The Kier molecular flexibility index (Phi) is 5.19. The Labute approximate surface area is 222 Å². The van der Waals surface area contributed by atoms with Crippen LogP contribution in [0.5, 0.6) is 5.75 Å². The van der Waals surface area contributed by atoms with E-state index >= 15 is 0 Å². The first-order valence-corrected chi connectivity index (χ1v) is 14.9.